The Bertz CT molecular complexity index is 742. The Balaban J connectivity index is 2.68. The van der Waals surface area contributed by atoms with Crippen molar-refractivity contribution in [1.82, 2.24) is 0 Å². The first kappa shape index (κ1) is 21.7. The highest BCUT2D eigenvalue weighted by Gasteiger charge is 2.31. The molecule has 0 aliphatic rings. The Kier molecular flexibility index (Phi) is 6.65. The number of nitrogens with zero attached hydrogens (tertiary/aromatic N) is 2. The van der Waals surface area contributed by atoms with E-state index in [2.05, 4.69) is 0 Å². The van der Waals surface area contributed by atoms with Crippen LogP contribution in [-0.2, 0) is 0 Å². The van der Waals surface area contributed by atoms with Gasteiger partial charge < -0.3 is 10.4 Å². The van der Waals surface area contributed by atoms with E-state index in [1.165, 1.54) is 0 Å². The van der Waals surface area contributed by atoms with Crippen LogP contribution in [0.15, 0.2) is 60.7 Å². The molecule has 0 heterocycles. The number of hydrogen-bond donors (Lipinski definition) is 0. The summed E-state index contributed by atoms with van der Waals surface area (Å²) in [4.78, 5) is 0. The maximum absolute atomic E-state index is 12.8. The van der Waals surface area contributed by atoms with E-state index in [1.807, 2.05) is 102 Å². The summed E-state index contributed by atoms with van der Waals surface area (Å²) in [5, 5.41) is 25.6. The summed E-state index contributed by atoms with van der Waals surface area (Å²) in [6.45, 7) is 11.3. The molecule has 4 nitrogen and oxygen atoms in total. The Morgan fingerprint density at radius 1 is 0.607 bits per heavy atom. The average molecular weight is 381 g/mol. The summed E-state index contributed by atoms with van der Waals surface area (Å²) in [5.41, 5.74) is 0.880. The van der Waals surface area contributed by atoms with Gasteiger partial charge in [0.05, 0.1) is 11.8 Å². The molecule has 0 fully saturated rings. The molecule has 0 amide bonds. The van der Waals surface area contributed by atoms with E-state index in [1.54, 1.807) is 12.4 Å². The van der Waals surface area contributed by atoms with E-state index in [9.17, 15) is 10.4 Å². The molecule has 0 N–H and O–H groups in total. The minimum atomic E-state index is -0.560. The number of rotatable bonds is 5. The van der Waals surface area contributed by atoms with Crippen LogP contribution >= 0.6 is 0 Å². The molecule has 0 unspecified atom stereocenters. The van der Waals surface area contributed by atoms with E-state index < -0.39 is 11.1 Å². The van der Waals surface area contributed by atoms with Crippen LogP contribution in [0.1, 0.15) is 64.5 Å². The SMILES string of the molecule is CC(C)(C)/[N+]([O-])=C/[C@@H](c1ccccc1)[C@@H](/C=[N+](/[O-])C(C)(C)C)c1ccccc1. The first-order valence-electron chi connectivity index (χ1n) is 9.73. The fraction of sp³-hybridized carbons (Fsp3) is 0.417. The molecule has 150 valence electrons. The third kappa shape index (κ3) is 5.69. The summed E-state index contributed by atoms with van der Waals surface area (Å²) in [6, 6.07) is 19.8. The topological polar surface area (TPSA) is 52.1 Å². The molecule has 2 aromatic rings. The highest BCUT2D eigenvalue weighted by Crippen LogP contribution is 2.31. The van der Waals surface area contributed by atoms with Gasteiger partial charge in [-0.05, 0) is 11.1 Å². The molecule has 2 rings (SSSR count). The maximum Gasteiger partial charge on any atom is 0.164 e. The number of hydroxylamine groups is 2. The van der Waals surface area contributed by atoms with Crippen LogP contribution in [0.2, 0.25) is 0 Å². The van der Waals surface area contributed by atoms with Crippen molar-refractivity contribution in [3.63, 3.8) is 0 Å². The number of hydrogen-bond acceptors (Lipinski definition) is 2. The Hall–Kier alpha value is -2.62. The van der Waals surface area contributed by atoms with Gasteiger partial charge in [-0.2, -0.15) is 0 Å². The number of benzene rings is 2. The summed E-state index contributed by atoms with van der Waals surface area (Å²) in [6.07, 6.45) is 3.42. The predicted octanol–water partition coefficient (Wildman–Crippen LogP) is 5.31. The fourth-order valence-electron chi connectivity index (χ4n) is 2.86. The molecule has 0 bridgehead atoms. The van der Waals surface area contributed by atoms with Gasteiger partial charge >= 0.3 is 0 Å². The van der Waals surface area contributed by atoms with Crippen molar-refractivity contribution in [1.29, 1.82) is 0 Å². The molecule has 2 atom stereocenters. The summed E-state index contributed by atoms with van der Waals surface area (Å²) < 4.78 is 2.00. The molecule has 0 aliphatic carbocycles. The summed E-state index contributed by atoms with van der Waals surface area (Å²) >= 11 is 0. The fourth-order valence-corrected chi connectivity index (χ4v) is 2.86. The predicted molar refractivity (Wildman–Crippen MR) is 117 cm³/mol. The summed E-state index contributed by atoms with van der Waals surface area (Å²) in [7, 11) is 0. The second-order valence-corrected chi connectivity index (χ2v) is 9.16. The molecular weight excluding hydrogens is 348 g/mol. The lowest BCUT2D eigenvalue weighted by molar-refractivity contribution is -0.534. The van der Waals surface area contributed by atoms with Gasteiger partial charge in [0.25, 0.3) is 0 Å². The largest absolute Gasteiger partial charge is 0.624 e. The van der Waals surface area contributed by atoms with Gasteiger partial charge in [-0.1, -0.05) is 60.7 Å². The minimum absolute atomic E-state index is 0.265. The van der Waals surface area contributed by atoms with E-state index in [0.29, 0.717) is 0 Å². The quantitative estimate of drug-likeness (QED) is 0.305. The monoisotopic (exact) mass is 380 g/mol. The third-order valence-electron chi connectivity index (χ3n) is 4.67. The highest BCUT2D eigenvalue weighted by atomic mass is 16.5. The van der Waals surface area contributed by atoms with Crippen LogP contribution in [-0.4, -0.2) is 33.0 Å². The second-order valence-electron chi connectivity index (χ2n) is 9.16. The van der Waals surface area contributed by atoms with Gasteiger partial charge in [0.2, 0.25) is 0 Å². The molecule has 2 aromatic carbocycles. The molecule has 0 aromatic heterocycles. The average Bonchev–Trinajstić information content (AvgIpc) is 2.64. The Labute approximate surface area is 169 Å². The van der Waals surface area contributed by atoms with E-state index >= 15 is 0 Å². The lowest BCUT2D eigenvalue weighted by Gasteiger charge is -2.26. The molecule has 28 heavy (non-hydrogen) atoms. The normalized spacial score (nSPS) is 15.9. The van der Waals surface area contributed by atoms with Gasteiger partial charge in [0.15, 0.2) is 23.5 Å². The van der Waals surface area contributed by atoms with Crippen LogP contribution in [0.4, 0.5) is 0 Å². The molecule has 0 spiro atoms. The zero-order valence-corrected chi connectivity index (χ0v) is 17.8. The van der Waals surface area contributed by atoms with Gasteiger partial charge in [0, 0.05) is 41.5 Å². The zero-order valence-electron chi connectivity index (χ0n) is 17.8. The van der Waals surface area contributed by atoms with Gasteiger partial charge in [-0.3, -0.25) is 0 Å². The standard InChI is InChI=1S/C24H32N2O2/c1-23(2,3)25(27)17-21(19-13-9-7-10-14-19)22(18-26(28)24(4,5)6)20-15-11-8-12-16-20/h7-18,21-22H,1-6H3/b25-17-,26-18+/t21-,22-/m0/s1. The van der Waals surface area contributed by atoms with Crippen LogP contribution < -0.4 is 0 Å². The van der Waals surface area contributed by atoms with Crippen LogP contribution in [0, 0.1) is 10.4 Å². The molecule has 0 saturated carbocycles. The lowest BCUT2D eigenvalue weighted by atomic mass is 9.82. The van der Waals surface area contributed by atoms with Crippen molar-refractivity contribution in [2.75, 3.05) is 0 Å². The molecule has 4 heteroatoms. The van der Waals surface area contributed by atoms with Crippen molar-refractivity contribution in [2.24, 2.45) is 0 Å². The zero-order chi connectivity index (χ0) is 20.9. The maximum atomic E-state index is 12.8. The van der Waals surface area contributed by atoms with Crippen LogP contribution in [0.3, 0.4) is 0 Å². The highest BCUT2D eigenvalue weighted by molar-refractivity contribution is 5.77. The van der Waals surface area contributed by atoms with Crippen molar-refractivity contribution in [2.45, 2.75) is 64.5 Å². The second kappa shape index (κ2) is 8.59. The van der Waals surface area contributed by atoms with E-state index in [4.69, 9.17) is 0 Å². The molecule has 0 saturated heterocycles. The first-order chi connectivity index (χ1) is 13.0. The van der Waals surface area contributed by atoms with Crippen molar-refractivity contribution in [3.05, 3.63) is 82.2 Å². The smallest absolute Gasteiger partial charge is 0.164 e. The first-order valence-corrected chi connectivity index (χ1v) is 9.73. The van der Waals surface area contributed by atoms with Crippen molar-refractivity contribution in [3.8, 4) is 0 Å². The molecule has 0 radical (unpaired) electrons. The van der Waals surface area contributed by atoms with Crippen molar-refractivity contribution >= 4 is 12.4 Å². The molecule has 0 aliphatic heterocycles. The van der Waals surface area contributed by atoms with Crippen LogP contribution in [0.5, 0.6) is 0 Å². The molecular formula is C24H32N2O2. The van der Waals surface area contributed by atoms with E-state index in [-0.39, 0.29) is 11.8 Å². The third-order valence-corrected chi connectivity index (χ3v) is 4.67. The summed E-state index contributed by atoms with van der Waals surface area (Å²) in [5.74, 6) is -0.529. The van der Waals surface area contributed by atoms with Gasteiger partial charge in [0.1, 0.15) is 0 Å². The van der Waals surface area contributed by atoms with Crippen molar-refractivity contribution < 1.29 is 9.48 Å². The van der Waals surface area contributed by atoms with Gasteiger partial charge in [-0.15, -0.1) is 0 Å². The minimum Gasteiger partial charge on any atom is -0.624 e. The van der Waals surface area contributed by atoms with E-state index in [0.717, 1.165) is 20.6 Å². The van der Waals surface area contributed by atoms with Crippen LogP contribution in [0.25, 0.3) is 0 Å². The lowest BCUT2D eigenvalue weighted by Crippen LogP contribution is -2.34. The van der Waals surface area contributed by atoms with Gasteiger partial charge in [-0.25, -0.2) is 9.48 Å². The Morgan fingerprint density at radius 3 is 1.14 bits per heavy atom. The Morgan fingerprint density at radius 2 is 0.893 bits per heavy atom.